The monoisotopic (exact) mass is 434 g/mol. The number of halogens is 1. The van der Waals surface area contributed by atoms with E-state index in [9.17, 15) is 0 Å². The highest BCUT2D eigenvalue weighted by molar-refractivity contribution is 9.10. The lowest BCUT2D eigenvalue weighted by Gasteiger charge is -2.32. The molecule has 0 unspecified atom stereocenters. The third-order valence-corrected chi connectivity index (χ3v) is 6.59. The summed E-state index contributed by atoms with van der Waals surface area (Å²) >= 11 is 3.72. The maximum atomic E-state index is 5.33. The summed E-state index contributed by atoms with van der Waals surface area (Å²) < 4.78 is 6.50. The molecule has 0 radical (unpaired) electrons. The van der Waals surface area contributed by atoms with Crippen LogP contribution in [0.5, 0.6) is 5.75 Å². The molecular formula is C26H27BrO. The zero-order valence-electron chi connectivity index (χ0n) is 16.9. The minimum Gasteiger partial charge on any atom is -0.497 e. The van der Waals surface area contributed by atoms with Gasteiger partial charge in [-0.3, -0.25) is 0 Å². The number of hydrogen-bond acceptors (Lipinski definition) is 1. The Bertz CT molecular complexity index is 982. The van der Waals surface area contributed by atoms with Crippen LogP contribution in [-0.2, 0) is 5.41 Å². The Hall–Kier alpha value is -2.06. The topological polar surface area (TPSA) is 9.23 Å². The lowest BCUT2D eigenvalue weighted by Crippen LogP contribution is -2.25. The lowest BCUT2D eigenvalue weighted by molar-refractivity contribution is 0.415. The van der Waals surface area contributed by atoms with Crippen LogP contribution in [0.25, 0.3) is 22.3 Å². The van der Waals surface area contributed by atoms with Crippen molar-refractivity contribution >= 4 is 15.9 Å². The molecule has 1 nitrogen and oxygen atoms in total. The standard InChI is InChI=1S/C26H27BrO/c1-4-14-26(15-5-2)24-16-19(18-6-10-21(28-3)11-7-18)8-12-22(24)23-13-9-20(27)17-25(23)26/h6-13,16-17H,4-5,14-15H2,1-3H3. The molecule has 0 atom stereocenters. The van der Waals surface area contributed by atoms with Gasteiger partial charge in [0.15, 0.2) is 0 Å². The predicted molar refractivity (Wildman–Crippen MR) is 122 cm³/mol. The van der Waals surface area contributed by atoms with Crippen molar-refractivity contribution in [2.24, 2.45) is 0 Å². The minimum atomic E-state index is 0.112. The first kappa shape index (κ1) is 19.3. The van der Waals surface area contributed by atoms with E-state index >= 15 is 0 Å². The van der Waals surface area contributed by atoms with E-state index in [2.05, 4.69) is 78.3 Å². The van der Waals surface area contributed by atoms with E-state index in [1.807, 2.05) is 12.1 Å². The van der Waals surface area contributed by atoms with Gasteiger partial charge in [0.25, 0.3) is 0 Å². The molecule has 3 aromatic carbocycles. The molecule has 0 bridgehead atoms. The van der Waals surface area contributed by atoms with Crippen LogP contribution in [-0.4, -0.2) is 7.11 Å². The van der Waals surface area contributed by atoms with E-state index in [0.29, 0.717) is 0 Å². The fraction of sp³-hybridized carbons (Fsp3) is 0.308. The molecule has 3 aromatic rings. The van der Waals surface area contributed by atoms with Gasteiger partial charge in [-0.2, -0.15) is 0 Å². The normalized spacial score (nSPS) is 13.9. The van der Waals surface area contributed by atoms with Crippen molar-refractivity contribution in [2.75, 3.05) is 7.11 Å². The quantitative estimate of drug-likeness (QED) is 0.381. The third-order valence-electron chi connectivity index (χ3n) is 6.10. The Morgan fingerprint density at radius 2 is 1.32 bits per heavy atom. The van der Waals surface area contributed by atoms with Gasteiger partial charge in [-0.25, -0.2) is 0 Å². The van der Waals surface area contributed by atoms with Crippen molar-refractivity contribution in [3.05, 3.63) is 76.3 Å². The minimum absolute atomic E-state index is 0.112. The summed E-state index contributed by atoms with van der Waals surface area (Å²) in [7, 11) is 1.71. The molecule has 0 amide bonds. The second kappa shape index (κ2) is 7.75. The number of fused-ring (bicyclic) bond motifs is 3. The molecule has 1 aliphatic carbocycles. The molecular weight excluding hydrogens is 408 g/mol. The molecule has 0 saturated carbocycles. The largest absolute Gasteiger partial charge is 0.497 e. The first-order valence-corrected chi connectivity index (χ1v) is 11.0. The van der Waals surface area contributed by atoms with Gasteiger partial charge in [0, 0.05) is 9.89 Å². The van der Waals surface area contributed by atoms with Gasteiger partial charge in [-0.05, 0) is 76.6 Å². The van der Waals surface area contributed by atoms with Crippen LogP contribution < -0.4 is 4.74 Å². The summed E-state index contributed by atoms with van der Waals surface area (Å²) in [4.78, 5) is 0. The van der Waals surface area contributed by atoms with Crippen LogP contribution in [0.4, 0.5) is 0 Å². The van der Waals surface area contributed by atoms with E-state index < -0.39 is 0 Å². The fourth-order valence-electron chi connectivity index (χ4n) is 4.95. The molecule has 2 heteroatoms. The molecule has 0 aliphatic heterocycles. The smallest absolute Gasteiger partial charge is 0.118 e. The first-order chi connectivity index (χ1) is 13.6. The van der Waals surface area contributed by atoms with Gasteiger partial charge in [0.1, 0.15) is 5.75 Å². The van der Waals surface area contributed by atoms with Crippen LogP contribution in [0.3, 0.4) is 0 Å². The van der Waals surface area contributed by atoms with Gasteiger partial charge < -0.3 is 4.74 Å². The van der Waals surface area contributed by atoms with E-state index in [4.69, 9.17) is 4.74 Å². The van der Waals surface area contributed by atoms with Crippen molar-refractivity contribution in [1.82, 2.24) is 0 Å². The number of methoxy groups -OCH3 is 1. The van der Waals surface area contributed by atoms with Crippen LogP contribution in [0.1, 0.15) is 50.7 Å². The number of ether oxygens (including phenoxy) is 1. The van der Waals surface area contributed by atoms with Gasteiger partial charge in [0.05, 0.1) is 7.11 Å². The summed E-state index contributed by atoms with van der Waals surface area (Å²) in [6.45, 7) is 4.61. The second-order valence-electron chi connectivity index (χ2n) is 7.76. The molecule has 0 spiro atoms. The van der Waals surface area contributed by atoms with Gasteiger partial charge >= 0.3 is 0 Å². The SMILES string of the molecule is CCCC1(CCC)c2cc(Br)ccc2-c2ccc(-c3ccc(OC)cc3)cc21. The summed E-state index contributed by atoms with van der Waals surface area (Å²) in [6, 6.07) is 22.2. The average Bonchev–Trinajstić information content (AvgIpc) is 2.97. The number of rotatable bonds is 6. The first-order valence-electron chi connectivity index (χ1n) is 10.2. The summed E-state index contributed by atoms with van der Waals surface area (Å²) in [5.74, 6) is 0.897. The molecule has 0 heterocycles. The Kier molecular flexibility index (Phi) is 5.33. The highest BCUT2D eigenvalue weighted by Gasteiger charge is 2.41. The number of hydrogen-bond donors (Lipinski definition) is 0. The molecule has 1 aliphatic rings. The highest BCUT2D eigenvalue weighted by Crippen LogP contribution is 2.55. The molecule has 0 aromatic heterocycles. The van der Waals surface area contributed by atoms with Gasteiger partial charge in [0.2, 0.25) is 0 Å². The Morgan fingerprint density at radius 3 is 1.93 bits per heavy atom. The maximum absolute atomic E-state index is 5.33. The van der Waals surface area contributed by atoms with Crippen molar-refractivity contribution in [2.45, 2.75) is 44.9 Å². The Balaban J connectivity index is 1.90. The molecule has 4 rings (SSSR count). The zero-order valence-corrected chi connectivity index (χ0v) is 18.5. The number of benzene rings is 3. The summed E-state index contributed by atoms with van der Waals surface area (Å²) in [5, 5.41) is 0. The molecule has 144 valence electrons. The fourth-order valence-corrected chi connectivity index (χ4v) is 5.31. The van der Waals surface area contributed by atoms with E-state index in [-0.39, 0.29) is 5.41 Å². The van der Waals surface area contributed by atoms with Crippen LogP contribution in [0.2, 0.25) is 0 Å². The summed E-state index contributed by atoms with van der Waals surface area (Å²) in [6.07, 6.45) is 4.73. The van der Waals surface area contributed by atoms with Crippen molar-refractivity contribution in [3.8, 4) is 28.0 Å². The van der Waals surface area contributed by atoms with Crippen molar-refractivity contribution in [3.63, 3.8) is 0 Å². The second-order valence-corrected chi connectivity index (χ2v) is 8.68. The lowest BCUT2D eigenvalue weighted by atomic mass is 9.71. The Morgan fingerprint density at radius 1 is 0.750 bits per heavy atom. The van der Waals surface area contributed by atoms with Crippen LogP contribution in [0.15, 0.2) is 65.1 Å². The van der Waals surface area contributed by atoms with Gasteiger partial charge in [-0.1, -0.05) is 73.0 Å². The van der Waals surface area contributed by atoms with Crippen LogP contribution in [0, 0.1) is 0 Å². The van der Waals surface area contributed by atoms with Crippen molar-refractivity contribution < 1.29 is 4.74 Å². The van der Waals surface area contributed by atoms with E-state index in [0.717, 1.165) is 5.75 Å². The average molecular weight is 435 g/mol. The molecule has 0 fully saturated rings. The van der Waals surface area contributed by atoms with E-state index in [1.54, 1.807) is 7.11 Å². The molecule has 0 saturated heterocycles. The summed E-state index contributed by atoms with van der Waals surface area (Å²) in [5.41, 5.74) is 8.43. The van der Waals surface area contributed by atoms with Gasteiger partial charge in [-0.15, -0.1) is 0 Å². The van der Waals surface area contributed by atoms with Crippen LogP contribution >= 0.6 is 15.9 Å². The van der Waals surface area contributed by atoms with E-state index in [1.165, 1.54) is 63.5 Å². The molecule has 28 heavy (non-hydrogen) atoms. The van der Waals surface area contributed by atoms with Crippen molar-refractivity contribution in [1.29, 1.82) is 0 Å². The zero-order chi connectivity index (χ0) is 19.7. The predicted octanol–water partition coefficient (Wildman–Crippen LogP) is 7.99. The maximum Gasteiger partial charge on any atom is 0.118 e. The molecule has 0 N–H and O–H groups in total. The Labute approximate surface area is 176 Å². The third kappa shape index (κ3) is 3.08. The highest BCUT2D eigenvalue weighted by atomic mass is 79.9.